The fourth-order valence-corrected chi connectivity index (χ4v) is 2.87. The van der Waals surface area contributed by atoms with Gasteiger partial charge in [-0.3, -0.25) is 0 Å². The molecule has 106 valence electrons. The van der Waals surface area contributed by atoms with E-state index in [0.717, 1.165) is 26.8 Å². The molecule has 0 bridgehead atoms. The van der Waals surface area contributed by atoms with Gasteiger partial charge >= 0.3 is 0 Å². The van der Waals surface area contributed by atoms with E-state index in [1.807, 2.05) is 18.2 Å². The first-order valence-electron chi connectivity index (χ1n) is 6.41. The fourth-order valence-electron chi connectivity index (χ4n) is 2.04. The minimum absolute atomic E-state index is 0.274. The van der Waals surface area contributed by atoms with Crippen molar-refractivity contribution in [3.05, 3.63) is 62.5 Å². The lowest BCUT2D eigenvalue weighted by molar-refractivity contribution is 0.406. The molecule has 0 heterocycles. The van der Waals surface area contributed by atoms with E-state index in [1.54, 1.807) is 7.11 Å². The summed E-state index contributed by atoms with van der Waals surface area (Å²) in [7, 11) is 1.70. The Morgan fingerprint density at radius 3 is 2.55 bits per heavy atom. The maximum absolute atomic E-state index is 5.39. The molecule has 1 N–H and O–H groups in total. The molecule has 0 spiro atoms. The van der Waals surface area contributed by atoms with Crippen molar-refractivity contribution in [1.82, 2.24) is 5.32 Å². The summed E-state index contributed by atoms with van der Waals surface area (Å²) in [4.78, 5) is 0. The molecule has 0 fully saturated rings. The number of hydrogen-bond acceptors (Lipinski definition) is 2. The molecular formula is C16H17Br2NO. The summed E-state index contributed by atoms with van der Waals surface area (Å²) in [5, 5.41) is 3.52. The van der Waals surface area contributed by atoms with E-state index in [4.69, 9.17) is 4.74 Å². The second-order valence-electron chi connectivity index (χ2n) is 4.61. The average Bonchev–Trinajstić information content (AvgIpc) is 2.45. The largest absolute Gasteiger partial charge is 0.496 e. The molecule has 0 unspecified atom stereocenters. The Hall–Kier alpha value is -0.840. The number of halogens is 2. The first-order chi connectivity index (χ1) is 9.60. The van der Waals surface area contributed by atoms with Crippen molar-refractivity contribution in [2.75, 3.05) is 7.11 Å². The molecule has 2 nitrogen and oxygen atoms in total. The van der Waals surface area contributed by atoms with Crippen LogP contribution in [0.5, 0.6) is 5.75 Å². The van der Waals surface area contributed by atoms with Gasteiger partial charge in [-0.15, -0.1) is 0 Å². The van der Waals surface area contributed by atoms with Crippen molar-refractivity contribution in [1.29, 1.82) is 0 Å². The van der Waals surface area contributed by atoms with Crippen LogP contribution in [0.3, 0.4) is 0 Å². The average molecular weight is 399 g/mol. The third-order valence-electron chi connectivity index (χ3n) is 3.19. The third-order valence-corrected chi connectivity index (χ3v) is 4.18. The van der Waals surface area contributed by atoms with Crippen LogP contribution in [0.1, 0.15) is 24.1 Å². The van der Waals surface area contributed by atoms with Crippen molar-refractivity contribution >= 4 is 31.9 Å². The molecule has 0 amide bonds. The van der Waals surface area contributed by atoms with E-state index in [1.165, 1.54) is 5.56 Å². The minimum atomic E-state index is 0.274. The van der Waals surface area contributed by atoms with Gasteiger partial charge in [0, 0.05) is 27.1 Å². The SMILES string of the molecule is COc1ccc(Br)cc1CN[C@H](C)c1cccc(Br)c1. The molecule has 2 aromatic rings. The summed E-state index contributed by atoms with van der Waals surface area (Å²) in [5.74, 6) is 0.905. The summed E-state index contributed by atoms with van der Waals surface area (Å²) in [5.41, 5.74) is 2.40. The highest BCUT2D eigenvalue weighted by atomic mass is 79.9. The van der Waals surface area contributed by atoms with Crippen molar-refractivity contribution in [3.63, 3.8) is 0 Å². The van der Waals surface area contributed by atoms with Crippen LogP contribution in [-0.4, -0.2) is 7.11 Å². The Morgan fingerprint density at radius 2 is 1.85 bits per heavy atom. The number of methoxy groups -OCH3 is 1. The second-order valence-corrected chi connectivity index (χ2v) is 6.45. The van der Waals surface area contributed by atoms with Crippen LogP contribution in [0.4, 0.5) is 0 Å². The van der Waals surface area contributed by atoms with Gasteiger partial charge in [-0.2, -0.15) is 0 Å². The van der Waals surface area contributed by atoms with Crippen molar-refractivity contribution in [3.8, 4) is 5.75 Å². The minimum Gasteiger partial charge on any atom is -0.496 e. The van der Waals surface area contributed by atoms with Gasteiger partial charge in [0.25, 0.3) is 0 Å². The molecular weight excluding hydrogens is 382 g/mol. The molecule has 1 atom stereocenters. The van der Waals surface area contributed by atoms with Crippen LogP contribution in [0.2, 0.25) is 0 Å². The number of rotatable bonds is 5. The zero-order valence-electron chi connectivity index (χ0n) is 11.5. The molecule has 4 heteroatoms. The van der Waals surface area contributed by atoms with Crippen LogP contribution < -0.4 is 10.1 Å². The van der Waals surface area contributed by atoms with Gasteiger partial charge in [0.05, 0.1) is 7.11 Å². The van der Waals surface area contributed by atoms with Crippen LogP contribution in [-0.2, 0) is 6.54 Å². The van der Waals surface area contributed by atoms with E-state index in [2.05, 4.69) is 68.4 Å². The maximum Gasteiger partial charge on any atom is 0.123 e. The predicted octanol–water partition coefficient (Wildman–Crippen LogP) is 5.07. The van der Waals surface area contributed by atoms with E-state index < -0.39 is 0 Å². The molecule has 2 rings (SSSR count). The molecule has 0 aliphatic carbocycles. The van der Waals surface area contributed by atoms with Crippen LogP contribution in [0.25, 0.3) is 0 Å². The van der Waals surface area contributed by atoms with E-state index in [-0.39, 0.29) is 6.04 Å². The summed E-state index contributed by atoms with van der Waals surface area (Å²) in [6.07, 6.45) is 0. The Balaban J connectivity index is 2.06. The molecule has 0 saturated carbocycles. The fraction of sp³-hybridized carbons (Fsp3) is 0.250. The molecule has 0 aliphatic heterocycles. The topological polar surface area (TPSA) is 21.3 Å². The summed E-state index contributed by atoms with van der Waals surface area (Å²) < 4.78 is 7.55. The monoisotopic (exact) mass is 397 g/mol. The maximum atomic E-state index is 5.39. The smallest absolute Gasteiger partial charge is 0.123 e. The van der Waals surface area contributed by atoms with Crippen molar-refractivity contribution in [2.24, 2.45) is 0 Å². The summed E-state index contributed by atoms with van der Waals surface area (Å²) >= 11 is 7.00. The normalized spacial score (nSPS) is 12.2. The predicted molar refractivity (Wildman–Crippen MR) is 90.1 cm³/mol. The van der Waals surface area contributed by atoms with Gasteiger partial charge in [0.1, 0.15) is 5.75 Å². The standard InChI is InChI=1S/C16H17Br2NO/c1-11(12-4-3-5-14(17)8-12)19-10-13-9-15(18)6-7-16(13)20-2/h3-9,11,19H,10H2,1-2H3/t11-/m1/s1. The van der Waals surface area contributed by atoms with Crippen LogP contribution >= 0.6 is 31.9 Å². The Kier molecular flexibility index (Phi) is 5.64. The van der Waals surface area contributed by atoms with Crippen molar-refractivity contribution < 1.29 is 4.74 Å². The highest BCUT2D eigenvalue weighted by Gasteiger charge is 2.08. The molecule has 0 radical (unpaired) electrons. The first kappa shape index (κ1) is 15.5. The molecule has 2 aromatic carbocycles. The van der Waals surface area contributed by atoms with Crippen LogP contribution in [0, 0.1) is 0 Å². The number of benzene rings is 2. The van der Waals surface area contributed by atoms with Gasteiger partial charge in [0.2, 0.25) is 0 Å². The number of hydrogen-bond donors (Lipinski definition) is 1. The zero-order chi connectivity index (χ0) is 14.5. The lowest BCUT2D eigenvalue weighted by atomic mass is 10.1. The lowest BCUT2D eigenvalue weighted by Gasteiger charge is -2.16. The number of nitrogens with one attached hydrogen (secondary N) is 1. The van der Waals surface area contributed by atoms with Gasteiger partial charge in [-0.25, -0.2) is 0 Å². The summed E-state index contributed by atoms with van der Waals surface area (Å²) in [6.45, 7) is 2.92. The van der Waals surface area contributed by atoms with E-state index in [9.17, 15) is 0 Å². The van der Waals surface area contributed by atoms with Gasteiger partial charge < -0.3 is 10.1 Å². The Labute approximate surface area is 136 Å². The zero-order valence-corrected chi connectivity index (χ0v) is 14.7. The van der Waals surface area contributed by atoms with Crippen LogP contribution in [0.15, 0.2) is 51.4 Å². The summed E-state index contributed by atoms with van der Waals surface area (Å²) in [6, 6.07) is 14.7. The lowest BCUT2D eigenvalue weighted by Crippen LogP contribution is -2.18. The molecule has 0 saturated heterocycles. The van der Waals surface area contributed by atoms with Gasteiger partial charge in [-0.1, -0.05) is 44.0 Å². The first-order valence-corrected chi connectivity index (χ1v) is 8.00. The highest BCUT2D eigenvalue weighted by molar-refractivity contribution is 9.10. The van der Waals surface area contributed by atoms with Gasteiger partial charge in [0.15, 0.2) is 0 Å². The van der Waals surface area contributed by atoms with Crippen molar-refractivity contribution in [2.45, 2.75) is 19.5 Å². The number of ether oxygens (including phenoxy) is 1. The third kappa shape index (κ3) is 4.08. The van der Waals surface area contributed by atoms with Gasteiger partial charge in [-0.05, 0) is 42.8 Å². The molecule has 20 heavy (non-hydrogen) atoms. The molecule has 0 aliphatic rings. The Morgan fingerprint density at radius 1 is 1.10 bits per heavy atom. The quantitative estimate of drug-likeness (QED) is 0.758. The second kappa shape index (κ2) is 7.25. The highest BCUT2D eigenvalue weighted by Crippen LogP contribution is 2.24. The molecule has 0 aromatic heterocycles. The van der Waals surface area contributed by atoms with E-state index in [0.29, 0.717) is 0 Å². The Bertz CT molecular complexity index is 586. The van der Waals surface area contributed by atoms with E-state index >= 15 is 0 Å².